The summed E-state index contributed by atoms with van der Waals surface area (Å²) >= 11 is 0. The fourth-order valence-corrected chi connectivity index (χ4v) is 10.2. The predicted molar refractivity (Wildman–Crippen MR) is 290 cm³/mol. The first-order chi connectivity index (χ1) is 42.0. The van der Waals surface area contributed by atoms with Crippen molar-refractivity contribution in [3.05, 3.63) is 108 Å². The third-order valence-corrected chi connectivity index (χ3v) is 13.8. The van der Waals surface area contributed by atoms with E-state index in [-0.39, 0.29) is 16.7 Å². The standard InChI is InChI=1S/C60H68O28/c1-10-26-72-57-50(88-59-52(80-36(9)68)47(78-34(7)66)43(30(3)74-59)76-32(5)64)48(83-54(69)37-20-14-11-15-21-37)44(40(27-61)81-57)87-60-53(85-56(71)39-24-18-13-19-25-39)49(84-55(70)38-22-16-12-17-23-38)45(41(28-62)82-60)86-58-51(79-35(8)67)46(77-33(6)65)42(29(2)73-58)75-31(4)63/h1,11-25,29-30,40-53,57-62H,26-28H2,2-9H3/t29-,30-,40+,41+,42-,43-,44+,45+,46+,47+,48-,49-,50+,51+,52+,53+,57+,58-,59-,60-/m0/s1. The van der Waals surface area contributed by atoms with Gasteiger partial charge in [-0.2, -0.15) is 0 Å². The van der Waals surface area contributed by atoms with E-state index in [1.165, 1.54) is 86.6 Å². The lowest BCUT2D eigenvalue weighted by Crippen LogP contribution is -2.69. The lowest BCUT2D eigenvalue weighted by molar-refractivity contribution is -0.390. The second-order valence-corrected chi connectivity index (χ2v) is 20.3. The lowest BCUT2D eigenvalue weighted by Gasteiger charge is -2.51. The molecular formula is C60H68O28. The van der Waals surface area contributed by atoms with E-state index in [1.54, 1.807) is 18.2 Å². The molecule has 28 nitrogen and oxygen atoms in total. The monoisotopic (exact) mass is 1240 g/mol. The number of carbonyl (C=O) groups excluding carboxylic acids is 9. The predicted octanol–water partition coefficient (Wildman–Crippen LogP) is 1.98. The third kappa shape index (κ3) is 17.2. The molecule has 3 aromatic rings. The van der Waals surface area contributed by atoms with Crippen LogP contribution < -0.4 is 0 Å². The highest BCUT2D eigenvalue weighted by Gasteiger charge is 2.61. The minimum absolute atomic E-state index is 0.0640. The number of terminal acetylenes is 1. The maximum atomic E-state index is 14.6. The Labute approximate surface area is 504 Å². The second kappa shape index (κ2) is 31.3. The molecule has 88 heavy (non-hydrogen) atoms. The Morgan fingerprint density at radius 3 is 0.989 bits per heavy atom. The van der Waals surface area contributed by atoms with E-state index < -0.39 is 196 Å². The van der Waals surface area contributed by atoms with Crippen LogP contribution in [0.15, 0.2) is 91.0 Å². The molecule has 0 aliphatic carbocycles. The molecule has 3 aromatic carbocycles. The van der Waals surface area contributed by atoms with Gasteiger partial charge in [-0.05, 0) is 50.2 Å². The van der Waals surface area contributed by atoms with Crippen molar-refractivity contribution in [1.29, 1.82) is 0 Å². The van der Waals surface area contributed by atoms with Crippen LogP contribution in [0.4, 0.5) is 0 Å². The highest BCUT2D eigenvalue weighted by molar-refractivity contribution is 5.91. The molecule has 4 aliphatic heterocycles. The fourth-order valence-electron chi connectivity index (χ4n) is 10.2. The molecule has 0 spiro atoms. The highest BCUT2D eigenvalue weighted by atomic mass is 16.8. The molecule has 4 saturated heterocycles. The summed E-state index contributed by atoms with van der Waals surface area (Å²) < 4.78 is 104. The van der Waals surface area contributed by atoms with Crippen molar-refractivity contribution >= 4 is 53.7 Å². The first-order valence-corrected chi connectivity index (χ1v) is 27.7. The van der Waals surface area contributed by atoms with Crippen LogP contribution in [0.3, 0.4) is 0 Å². The van der Waals surface area contributed by atoms with Crippen molar-refractivity contribution < 1.29 is 134 Å². The normalized spacial score (nSPS) is 31.8. The molecule has 4 aliphatic rings. The summed E-state index contributed by atoms with van der Waals surface area (Å²) in [6.45, 7) is 6.41. The van der Waals surface area contributed by atoms with Gasteiger partial charge < -0.3 is 90.7 Å². The summed E-state index contributed by atoms with van der Waals surface area (Å²) in [6, 6.07) is 22.2. The number of aliphatic hydroxyl groups excluding tert-OH is 2. The van der Waals surface area contributed by atoms with Crippen LogP contribution >= 0.6 is 0 Å². The first kappa shape index (κ1) is 67.6. The summed E-state index contributed by atoms with van der Waals surface area (Å²) in [6.07, 6.45) is -29.7. The number of hydrogen-bond acceptors (Lipinski definition) is 28. The molecule has 28 heteroatoms. The van der Waals surface area contributed by atoms with E-state index >= 15 is 0 Å². The Hall–Kier alpha value is -7.95. The first-order valence-electron chi connectivity index (χ1n) is 27.7. The fraction of sp³-hybridized carbons (Fsp3) is 0.517. The smallest absolute Gasteiger partial charge is 0.338 e. The largest absolute Gasteiger partial charge is 0.456 e. The molecule has 0 bridgehead atoms. The Balaban J connectivity index is 1.40. The van der Waals surface area contributed by atoms with E-state index in [0.717, 1.165) is 41.5 Å². The van der Waals surface area contributed by atoms with Crippen molar-refractivity contribution in [2.45, 2.75) is 178 Å². The molecule has 0 amide bonds. The van der Waals surface area contributed by atoms with Crippen LogP contribution in [-0.2, 0) is 109 Å². The van der Waals surface area contributed by atoms with Crippen molar-refractivity contribution in [3.8, 4) is 12.3 Å². The molecule has 0 saturated carbocycles. The number of carbonyl (C=O) groups is 9. The number of esters is 9. The van der Waals surface area contributed by atoms with E-state index in [0.29, 0.717) is 0 Å². The van der Waals surface area contributed by atoms with E-state index in [9.17, 15) is 53.4 Å². The lowest BCUT2D eigenvalue weighted by atomic mass is 9.94. The molecule has 20 atom stereocenters. The van der Waals surface area contributed by atoms with Crippen LogP contribution in [0.25, 0.3) is 0 Å². The van der Waals surface area contributed by atoms with E-state index in [1.807, 2.05) is 0 Å². The summed E-state index contributed by atoms with van der Waals surface area (Å²) in [5, 5.41) is 22.8. The van der Waals surface area contributed by atoms with E-state index in [2.05, 4.69) is 5.92 Å². The van der Waals surface area contributed by atoms with Gasteiger partial charge in [-0.25, -0.2) is 14.4 Å². The number of aliphatic hydroxyl groups is 2. The number of benzene rings is 3. The van der Waals surface area contributed by atoms with Crippen molar-refractivity contribution in [1.82, 2.24) is 0 Å². The maximum Gasteiger partial charge on any atom is 0.338 e. The van der Waals surface area contributed by atoms with Gasteiger partial charge in [0.2, 0.25) is 0 Å². The Bertz CT molecular complexity index is 2940. The van der Waals surface area contributed by atoms with Crippen molar-refractivity contribution in [3.63, 3.8) is 0 Å². The van der Waals surface area contributed by atoms with E-state index in [4.69, 9.17) is 87.0 Å². The minimum atomic E-state index is -2.17. The minimum Gasteiger partial charge on any atom is -0.456 e. The molecule has 4 fully saturated rings. The van der Waals surface area contributed by atoms with Gasteiger partial charge in [0, 0.05) is 41.5 Å². The molecule has 476 valence electrons. The second-order valence-electron chi connectivity index (χ2n) is 20.3. The number of hydrogen-bond donors (Lipinski definition) is 2. The quantitative estimate of drug-likeness (QED) is 0.0825. The number of ether oxygens (including phenoxy) is 17. The van der Waals surface area contributed by atoms with Crippen LogP contribution in [0.2, 0.25) is 0 Å². The zero-order valence-corrected chi connectivity index (χ0v) is 48.9. The highest BCUT2D eigenvalue weighted by Crippen LogP contribution is 2.40. The molecule has 0 radical (unpaired) electrons. The Morgan fingerprint density at radius 2 is 0.648 bits per heavy atom. The SMILES string of the molecule is C#CCO[C@@H]1O[C@H](CO)[C@@H](O[C@@H]2O[C@H](CO)[C@@H](O[C@@H]3O[C@@H](C)[C@H](OC(C)=O)[C@@H](OC(C)=O)[C@H]3OC(C)=O)[C@H](OC(=O)c3ccccc3)[C@H]2OC(=O)c2ccccc2)[C@H](OC(=O)c2ccccc2)[C@H]1O[C@@H]1O[C@@H](C)[C@H](OC(C)=O)[C@@H](OC(C)=O)[C@H]1OC(C)=O. The zero-order valence-electron chi connectivity index (χ0n) is 48.9. The van der Waals surface area contributed by atoms with Gasteiger partial charge in [0.05, 0.1) is 42.1 Å². The number of rotatable bonds is 22. The van der Waals surface area contributed by atoms with Gasteiger partial charge in [-0.1, -0.05) is 60.5 Å². The van der Waals surface area contributed by atoms with Gasteiger partial charge in [0.1, 0.15) is 31.0 Å². The molecule has 7 rings (SSSR count). The Kier molecular flexibility index (Phi) is 24.0. The third-order valence-electron chi connectivity index (χ3n) is 13.8. The topological polar surface area (TPSA) is 351 Å². The molecule has 0 aromatic heterocycles. The van der Waals surface area contributed by atoms with Crippen LogP contribution in [0, 0.1) is 12.3 Å². The average molecular weight is 1240 g/mol. The summed E-state index contributed by atoms with van der Waals surface area (Å²) in [7, 11) is 0. The maximum absolute atomic E-state index is 14.6. The van der Waals surface area contributed by atoms with Gasteiger partial charge in [0.15, 0.2) is 86.2 Å². The molecular weight excluding hydrogens is 1170 g/mol. The summed E-state index contributed by atoms with van der Waals surface area (Å²) in [4.78, 5) is 120. The van der Waals surface area contributed by atoms with Gasteiger partial charge >= 0.3 is 53.7 Å². The van der Waals surface area contributed by atoms with Crippen molar-refractivity contribution in [2.24, 2.45) is 0 Å². The zero-order chi connectivity index (χ0) is 63.9. The average Bonchev–Trinajstić information content (AvgIpc) is 1.40. The Morgan fingerprint density at radius 1 is 0.375 bits per heavy atom. The van der Waals surface area contributed by atoms with Crippen LogP contribution in [-0.4, -0.2) is 207 Å². The molecule has 0 unspecified atom stereocenters. The van der Waals surface area contributed by atoms with Gasteiger partial charge in [0.25, 0.3) is 0 Å². The van der Waals surface area contributed by atoms with Crippen LogP contribution in [0.5, 0.6) is 0 Å². The summed E-state index contributed by atoms with van der Waals surface area (Å²) in [5.74, 6) is -6.48. The van der Waals surface area contributed by atoms with Crippen molar-refractivity contribution in [2.75, 3.05) is 19.8 Å². The molecule has 4 heterocycles. The molecule has 2 N–H and O–H groups in total. The van der Waals surface area contributed by atoms with Gasteiger partial charge in [-0.3, -0.25) is 28.8 Å². The summed E-state index contributed by atoms with van der Waals surface area (Å²) in [5.41, 5.74) is -0.230. The van der Waals surface area contributed by atoms with Crippen LogP contribution in [0.1, 0.15) is 86.5 Å². The van der Waals surface area contributed by atoms with Gasteiger partial charge in [-0.15, -0.1) is 6.42 Å².